The topological polar surface area (TPSA) is 78.9 Å². The molecule has 0 aromatic rings. The molecule has 1 atom stereocenters. The lowest BCUT2D eigenvalue weighted by molar-refractivity contribution is -0.167. The van der Waals surface area contributed by atoms with Crippen molar-refractivity contribution in [3.63, 3.8) is 0 Å². The van der Waals surface area contributed by atoms with Crippen LogP contribution in [-0.2, 0) is 28.6 Å². The van der Waals surface area contributed by atoms with Crippen LogP contribution in [0.25, 0.3) is 0 Å². The van der Waals surface area contributed by atoms with E-state index < -0.39 is 6.10 Å². The Balaban J connectivity index is 4.21. The Morgan fingerprint density at radius 1 is 0.323 bits per heavy atom. The van der Waals surface area contributed by atoms with Crippen molar-refractivity contribution < 1.29 is 28.6 Å². The molecule has 0 saturated heterocycles. The van der Waals surface area contributed by atoms with E-state index in [9.17, 15) is 14.4 Å². The summed E-state index contributed by atoms with van der Waals surface area (Å²) in [5, 5.41) is 0. The predicted octanol–water partition coefficient (Wildman–Crippen LogP) is 17.5. The van der Waals surface area contributed by atoms with Crippen LogP contribution in [0.15, 0.2) is 109 Å². The maximum absolute atomic E-state index is 12.7. The highest BCUT2D eigenvalue weighted by Crippen LogP contribution is 2.14. The Morgan fingerprint density at radius 2 is 0.600 bits per heavy atom. The molecule has 0 bridgehead atoms. The number of esters is 3. The van der Waals surface area contributed by atoms with Gasteiger partial charge in [0.25, 0.3) is 0 Å². The van der Waals surface area contributed by atoms with Gasteiger partial charge in [-0.1, -0.05) is 214 Å². The summed E-state index contributed by atoms with van der Waals surface area (Å²) >= 11 is 0. The van der Waals surface area contributed by atoms with Gasteiger partial charge in [-0.3, -0.25) is 14.4 Å². The van der Waals surface area contributed by atoms with Crippen LogP contribution in [0.2, 0.25) is 0 Å². The lowest BCUT2D eigenvalue weighted by Gasteiger charge is -2.18. The van der Waals surface area contributed by atoms with Crippen molar-refractivity contribution in [3.8, 4) is 0 Å². The minimum atomic E-state index is -0.795. The van der Waals surface area contributed by atoms with E-state index in [0.29, 0.717) is 12.8 Å². The van der Waals surface area contributed by atoms with Crippen LogP contribution < -0.4 is 0 Å². The lowest BCUT2D eigenvalue weighted by Crippen LogP contribution is -2.30. The molecular formula is C59H96O6. The van der Waals surface area contributed by atoms with Gasteiger partial charge >= 0.3 is 17.9 Å². The van der Waals surface area contributed by atoms with Gasteiger partial charge < -0.3 is 14.2 Å². The molecule has 0 fully saturated rings. The van der Waals surface area contributed by atoms with Crippen molar-refractivity contribution in [1.29, 1.82) is 0 Å². The standard InChI is InChI=1S/C59H96O6/c1-4-7-10-13-15-17-19-21-23-25-27-28-29-30-32-33-35-37-39-41-43-46-49-52-58(61)64-55-56(54-63-57(60)51-48-45-12-9-6-3)65-59(62)53-50-47-44-42-40-38-36-34-31-26-24-22-20-18-16-14-11-8-5-2/h7-8,10-11,15-18,21-24,27-28,31,34,38,40,56H,4-6,9,12-14,19-20,25-26,29-30,32-33,35-37,39,41-55H2,1-3H3/b10-7-,11-8-,17-15-,18-16-,23-21-,24-22-,28-27-,34-31-,40-38-. The van der Waals surface area contributed by atoms with Crippen LogP contribution in [0, 0.1) is 0 Å². The van der Waals surface area contributed by atoms with Crippen molar-refractivity contribution in [2.24, 2.45) is 0 Å². The first-order valence-electron chi connectivity index (χ1n) is 26.4. The monoisotopic (exact) mass is 901 g/mol. The third-order valence-corrected chi connectivity index (χ3v) is 10.8. The second kappa shape index (κ2) is 52.7. The predicted molar refractivity (Wildman–Crippen MR) is 279 cm³/mol. The van der Waals surface area contributed by atoms with Crippen molar-refractivity contribution in [2.45, 2.75) is 232 Å². The van der Waals surface area contributed by atoms with Gasteiger partial charge in [0.2, 0.25) is 0 Å². The first-order chi connectivity index (χ1) is 32.0. The fourth-order valence-corrected chi connectivity index (χ4v) is 6.87. The highest BCUT2D eigenvalue weighted by Gasteiger charge is 2.19. The average molecular weight is 901 g/mol. The number of rotatable bonds is 46. The summed E-state index contributed by atoms with van der Waals surface area (Å²) in [5.41, 5.74) is 0. The summed E-state index contributed by atoms with van der Waals surface area (Å²) in [4.78, 5) is 37.7. The quantitative estimate of drug-likeness (QED) is 0.0262. The molecule has 1 unspecified atom stereocenters. The van der Waals surface area contributed by atoms with Crippen molar-refractivity contribution in [3.05, 3.63) is 109 Å². The Labute approximate surface area is 400 Å². The Kier molecular flexibility index (Phi) is 49.5. The van der Waals surface area contributed by atoms with Gasteiger partial charge in [-0.15, -0.1) is 0 Å². The first-order valence-corrected chi connectivity index (χ1v) is 26.4. The van der Waals surface area contributed by atoms with E-state index in [2.05, 4.69) is 130 Å². The van der Waals surface area contributed by atoms with Crippen LogP contribution in [0.5, 0.6) is 0 Å². The maximum atomic E-state index is 12.7. The summed E-state index contributed by atoms with van der Waals surface area (Å²) < 4.78 is 16.7. The molecule has 0 spiro atoms. The van der Waals surface area contributed by atoms with Crippen molar-refractivity contribution in [2.75, 3.05) is 13.2 Å². The van der Waals surface area contributed by atoms with E-state index in [1.165, 1.54) is 51.4 Å². The average Bonchev–Trinajstić information content (AvgIpc) is 3.30. The molecule has 0 N–H and O–H groups in total. The second-order valence-electron chi connectivity index (χ2n) is 17.0. The summed E-state index contributed by atoms with van der Waals surface area (Å²) in [5.74, 6) is -0.950. The molecule has 0 aromatic heterocycles. The van der Waals surface area contributed by atoms with Crippen LogP contribution in [0.4, 0.5) is 0 Å². The summed E-state index contributed by atoms with van der Waals surface area (Å²) in [6, 6.07) is 0. The van der Waals surface area contributed by atoms with E-state index in [-0.39, 0.29) is 37.5 Å². The van der Waals surface area contributed by atoms with E-state index >= 15 is 0 Å². The summed E-state index contributed by atoms with van der Waals surface area (Å²) in [6.45, 7) is 6.29. The molecule has 65 heavy (non-hydrogen) atoms. The molecule has 6 heteroatoms. The third kappa shape index (κ3) is 50.9. The van der Waals surface area contributed by atoms with Gasteiger partial charge in [-0.25, -0.2) is 0 Å². The van der Waals surface area contributed by atoms with Gasteiger partial charge in [0.05, 0.1) is 0 Å². The van der Waals surface area contributed by atoms with Crippen molar-refractivity contribution in [1.82, 2.24) is 0 Å². The molecule has 0 heterocycles. The fourth-order valence-electron chi connectivity index (χ4n) is 6.87. The molecule has 0 aliphatic heterocycles. The number of hydrogen-bond acceptors (Lipinski definition) is 6. The number of hydrogen-bond donors (Lipinski definition) is 0. The lowest BCUT2D eigenvalue weighted by atomic mass is 10.1. The molecule has 0 saturated carbocycles. The number of allylic oxidation sites excluding steroid dienone is 18. The van der Waals surface area contributed by atoms with E-state index in [4.69, 9.17) is 14.2 Å². The fraction of sp³-hybridized carbons (Fsp3) is 0.644. The number of carbonyl (C=O) groups is 3. The molecular weight excluding hydrogens is 805 g/mol. The molecule has 0 radical (unpaired) electrons. The Bertz CT molecular complexity index is 1360. The van der Waals surface area contributed by atoms with Crippen LogP contribution >= 0.6 is 0 Å². The SMILES string of the molecule is CC/C=C\C/C=C\C/C=C\C/C=C\C/C=C\CCCCCC(=O)OC(COC(=O)CCCCCCC)COC(=O)CCCCCCCCCCCC/C=C\C/C=C\C/C=C\C/C=C\CC. The second-order valence-corrected chi connectivity index (χ2v) is 17.0. The molecule has 0 rings (SSSR count). The van der Waals surface area contributed by atoms with Crippen LogP contribution in [0.1, 0.15) is 226 Å². The molecule has 0 aliphatic rings. The first kappa shape index (κ1) is 61.1. The van der Waals surface area contributed by atoms with Crippen LogP contribution in [0.3, 0.4) is 0 Å². The van der Waals surface area contributed by atoms with Gasteiger partial charge in [0, 0.05) is 19.3 Å². The third-order valence-electron chi connectivity index (χ3n) is 10.8. The zero-order chi connectivity index (χ0) is 47.2. The summed E-state index contributed by atoms with van der Waals surface area (Å²) in [6.07, 6.45) is 71.1. The Morgan fingerprint density at radius 3 is 0.954 bits per heavy atom. The molecule has 6 nitrogen and oxygen atoms in total. The van der Waals surface area contributed by atoms with Gasteiger partial charge in [-0.05, 0) is 103 Å². The maximum Gasteiger partial charge on any atom is 0.306 e. The largest absolute Gasteiger partial charge is 0.462 e. The minimum Gasteiger partial charge on any atom is -0.462 e. The van der Waals surface area contributed by atoms with E-state index in [1.54, 1.807) is 0 Å². The van der Waals surface area contributed by atoms with Crippen LogP contribution in [-0.4, -0.2) is 37.2 Å². The van der Waals surface area contributed by atoms with E-state index in [1.807, 2.05) is 0 Å². The van der Waals surface area contributed by atoms with Gasteiger partial charge in [-0.2, -0.15) is 0 Å². The molecule has 368 valence electrons. The number of carbonyl (C=O) groups excluding carboxylic acids is 3. The molecule has 0 amide bonds. The van der Waals surface area contributed by atoms with Gasteiger partial charge in [0.1, 0.15) is 13.2 Å². The molecule has 0 aliphatic carbocycles. The van der Waals surface area contributed by atoms with Gasteiger partial charge in [0.15, 0.2) is 6.10 Å². The van der Waals surface area contributed by atoms with E-state index in [0.717, 1.165) is 135 Å². The summed E-state index contributed by atoms with van der Waals surface area (Å²) in [7, 11) is 0. The highest BCUT2D eigenvalue weighted by atomic mass is 16.6. The number of ether oxygens (including phenoxy) is 3. The normalized spacial score (nSPS) is 13.0. The Hall–Kier alpha value is -3.93. The zero-order valence-corrected chi connectivity index (χ0v) is 42.0. The zero-order valence-electron chi connectivity index (χ0n) is 42.0. The smallest absolute Gasteiger partial charge is 0.306 e. The highest BCUT2D eigenvalue weighted by molar-refractivity contribution is 5.71. The number of unbranched alkanes of at least 4 members (excludes halogenated alkanes) is 17. The minimum absolute atomic E-state index is 0.0951. The van der Waals surface area contributed by atoms with Crippen molar-refractivity contribution >= 4 is 17.9 Å². The molecule has 0 aromatic carbocycles.